The van der Waals surface area contributed by atoms with Gasteiger partial charge in [0.2, 0.25) is 0 Å². The number of aromatic nitrogens is 3. The second-order valence-corrected chi connectivity index (χ2v) is 3.91. The van der Waals surface area contributed by atoms with Crippen molar-refractivity contribution in [3.05, 3.63) is 41.9 Å². The van der Waals surface area contributed by atoms with Crippen LogP contribution in [0.15, 0.2) is 30.7 Å². The van der Waals surface area contributed by atoms with Crippen LogP contribution in [-0.4, -0.2) is 14.8 Å². The van der Waals surface area contributed by atoms with E-state index in [1.807, 2.05) is 0 Å². The van der Waals surface area contributed by atoms with Crippen LogP contribution in [0, 0.1) is 0 Å². The quantitative estimate of drug-likeness (QED) is 0.897. The molecule has 2 heterocycles. The Kier molecular flexibility index (Phi) is 3.08. The van der Waals surface area contributed by atoms with E-state index < -0.39 is 11.7 Å². The minimum Gasteiger partial charge on any atom is -0.324 e. The molecule has 2 aromatic rings. The average Bonchev–Trinajstić information content (AvgIpc) is 2.78. The van der Waals surface area contributed by atoms with E-state index in [4.69, 9.17) is 5.73 Å². The van der Waals surface area contributed by atoms with Gasteiger partial charge in [-0.25, -0.2) is 9.67 Å². The molecule has 2 N–H and O–H groups in total. The molecule has 4 nitrogen and oxygen atoms in total. The number of pyridine rings is 1. The molecule has 0 spiro atoms. The molecule has 0 radical (unpaired) electrons. The molecule has 0 saturated heterocycles. The summed E-state index contributed by atoms with van der Waals surface area (Å²) in [7, 11) is 0. The molecule has 0 aliphatic carbocycles. The minimum atomic E-state index is -4.40. The van der Waals surface area contributed by atoms with Gasteiger partial charge in [-0.3, -0.25) is 0 Å². The van der Waals surface area contributed by atoms with Crippen LogP contribution in [0.5, 0.6) is 0 Å². The molecule has 2 aromatic heterocycles. The van der Waals surface area contributed by atoms with Crippen LogP contribution in [0.2, 0.25) is 0 Å². The SMILES string of the molecule is CC(N)c1ccc(-n2cc(C(F)(F)F)cn2)nc1. The summed E-state index contributed by atoms with van der Waals surface area (Å²) < 4.78 is 38.3. The van der Waals surface area contributed by atoms with Crippen molar-refractivity contribution in [2.24, 2.45) is 5.73 Å². The van der Waals surface area contributed by atoms with Gasteiger partial charge in [-0.1, -0.05) is 6.07 Å². The van der Waals surface area contributed by atoms with Gasteiger partial charge >= 0.3 is 6.18 Å². The fourth-order valence-corrected chi connectivity index (χ4v) is 1.40. The molecule has 0 fully saturated rings. The summed E-state index contributed by atoms with van der Waals surface area (Å²) in [5, 5.41) is 3.63. The zero-order chi connectivity index (χ0) is 13.3. The van der Waals surface area contributed by atoms with E-state index in [-0.39, 0.29) is 6.04 Å². The summed E-state index contributed by atoms with van der Waals surface area (Å²) in [6, 6.07) is 3.11. The monoisotopic (exact) mass is 256 g/mol. The molecule has 0 aliphatic rings. The molecular formula is C11H11F3N4. The molecule has 1 atom stereocenters. The molecule has 0 saturated carbocycles. The van der Waals surface area contributed by atoms with Crippen LogP contribution in [-0.2, 0) is 6.18 Å². The van der Waals surface area contributed by atoms with Crippen molar-refractivity contribution >= 4 is 0 Å². The van der Waals surface area contributed by atoms with E-state index in [0.717, 1.165) is 22.6 Å². The van der Waals surface area contributed by atoms with Crippen LogP contribution in [0.1, 0.15) is 24.1 Å². The lowest BCUT2D eigenvalue weighted by atomic mass is 10.2. The molecule has 96 valence electrons. The normalized spacial score (nSPS) is 13.6. The van der Waals surface area contributed by atoms with E-state index in [9.17, 15) is 13.2 Å². The third-order valence-electron chi connectivity index (χ3n) is 2.44. The summed E-state index contributed by atoms with van der Waals surface area (Å²) in [6.45, 7) is 1.80. The predicted octanol–water partition coefficient (Wildman–Crippen LogP) is 2.31. The van der Waals surface area contributed by atoms with Gasteiger partial charge in [0, 0.05) is 18.4 Å². The molecule has 0 amide bonds. The molecule has 0 aliphatic heterocycles. The first-order valence-corrected chi connectivity index (χ1v) is 5.21. The van der Waals surface area contributed by atoms with Crippen molar-refractivity contribution in [3.63, 3.8) is 0 Å². The van der Waals surface area contributed by atoms with Crippen LogP contribution in [0.4, 0.5) is 13.2 Å². The Morgan fingerprint density at radius 1 is 1.28 bits per heavy atom. The molecule has 18 heavy (non-hydrogen) atoms. The summed E-state index contributed by atoms with van der Waals surface area (Å²) >= 11 is 0. The maximum Gasteiger partial charge on any atom is 0.419 e. The largest absolute Gasteiger partial charge is 0.419 e. The van der Waals surface area contributed by atoms with Gasteiger partial charge in [-0.2, -0.15) is 18.3 Å². The number of nitrogens with zero attached hydrogens (tertiary/aromatic N) is 3. The lowest BCUT2D eigenvalue weighted by molar-refractivity contribution is -0.137. The minimum absolute atomic E-state index is 0.171. The number of nitrogens with two attached hydrogens (primary N) is 1. The molecular weight excluding hydrogens is 245 g/mol. The highest BCUT2D eigenvalue weighted by atomic mass is 19.4. The molecule has 0 bridgehead atoms. The smallest absolute Gasteiger partial charge is 0.324 e. The van der Waals surface area contributed by atoms with Gasteiger partial charge in [0.05, 0.1) is 11.8 Å². The van der Waals surface area contributed by atoms with Crippen LogP contribution >= 0.6 is 0 Å². The molecule has 0 aromatic carbocycles. The zero-order valence-corrected chi connectivity index (χ0v) is 9.52. The van der Waals surface area contributed by atoms with Crippen LogP contribution < -0.4 is 5.73 Å². The van der Waals surface area contributed by atoms with E-state index in [2.05, 4.69) is 10.1 Å². The maximum atomic E-state index is 12.4. The first-order chi connectivity index (χ1) is 8.38. The first kappa shape index (κ1) is 12.6. The van der Waals surface area contributed by atoms with Crippen LogP contribution in [0.3, 0.4) is 0 Å². The van der Waals surface area contributed by atoms with Gasteiger partial charge in [0.25, 0.3) is 0 Å². The Balaban J connectivity index is 2.29. The van der Waals surface area contributed by atoms with E-state index in [1.54, 1.807) is 19.1 Å². The fourth-order valence-electron chi connectivity index (χ4n) is 1.40. The van der Waals surface area contributed by atoms with Crippen molar-refractivity contribution in [1.29, 1.82) is 0 Å². The highest BCUT2D eigenvalue weighted by Gasteiger charge is 2.32. The second-order valence-electron chi connectivity index (χ2n) is 3.91. The zero-order valence-electron chi connectivity index (χ0n) is 9.52. The molecule has 7 heteroatoms. The highest BCUT2D eigenvalue weighted by Crippen LogP contribution is 2.28. The Labute approximate surface area is 101 Å². The third-order valence-corrected chi connectivity index (χ3v) is 2.44. The number of hydrogen-bond donors (Lipinski definition) is 1. The van der Waals surface area contributed by atoms with E-state index in [1.165, 1.54) is 6.20 Å². The standard InChI is InChI=1S/C11H11F3N4/c1-7(15)8-2-3-10(16-4-8)18-6-9(5-17-18)11(12,13)14/h2-7H,15H2,1H3. The van der Waals surface area contributed by atoms with E-state index >= 15 is 0 Å². The van der Waals surface area contributed by atoms with Crippen molar-refractivity contribution < 1.29 is 13.2 Å². The van der Waals surface area contributed by atoms with Crippen molar-refractivity contribution in [2.45, 2.75) is 19.1 Å². The average molecular weight is 256 g/mol. The van der Waals surface area contributed by atoms with Crippen molar-refractivity contribution in [3.8, 4) is 5.82 Å². The van der Waals surface area contributed by atoms with Gasteiger partial charge in [-0.05, 0) is 18.6 Å². The predicted molar refractivity (Wildman–Crippen MR) is 59.0 cm³/mol. The fraction of sp³-hybridized carbons (Fsp3) is 0.273. The summed E-state index contributed by atoms with van der Waals surface area (Å²) in [5.41, 5.74) is 5.65. The Hall–Kier alpha value is -1.89. The lowest BCUT2D eigenvalue weighted by Gasteiger charge is -2.06. The number of hydrogen-bond acceptors (Lipinski definition) is 3. The van der Waals surface area contributed by atoms with E-state index in [0.29, 0.717) is 5.82 Å². The number of alkyl halides is 3. The van der Waals surface area contributed by atoms with Crippen molar-refractivity contribution in [2.75, 3.05) is 0 Å². The van der Waals surface area contributed by atoms with Crippen molar-refractivity contribution in [1.82, 2.24) is 14.8 Å². The second kappa shape index (κ2) is 4.41. The Bertz CT molecular complexity index is 528. The van der Waals surface area contributed by atoms with Crippen LogP contribution in [0.25, 0.3) is 5.82 Å². The molecule has 1 unspecified atom stereocenters. The summed E-state index contributed by atoms with van der Waals surface area (Å²) in [5.74, 6) is 0.315. The Morgan fingerprint density at radius 3 is 2.44 bits per heavy atom. The first-order valence-electron chi connectivity index (χ1n) is 5.21. The summed E-state index contributed by atoms with van der Waals surface area (Å²) in [6.07, 6.45) is -1.21. The maximum absolute atomic E-state index is 12.4. The van der Waals surface area contributed by atoms with Gasteiger partial charge in [0.15, 0.2) is 5.82 Å². The molecule has 2 rings (SSSR count). The number of halogens is 3. The highest BCUT2D eigenvalue weighted by molar-refractivity contribution is 5.27. The van der Waals surface area contributed by atoms with Gasteiger partial charge < -0.3 is 5.73 Å². The topological polar surface area (TPSA) is 56.7 Å². The summed E-state index contributed by atoms with van der Waals surface area (Å²) in [4.78, 5) is 4.02. The number of rotatable bonds is 2. The van der Waals surface area contributed by atoms with Gasteiger partial charge in [-0.15, -0.1) is 0 Å². The van der Waals surface area contributed by atoms with Gasteiger partial charge in [0.1, 0.15) is 0 Å². The third kappa shape index (κ3) is 2.51. The Morgan fingerprint density at radius 2 is 2.00 bits per heavy atom. The lowest BCUT2D eigenvalue weighted by Crippen LogP contribution is -2.06.